The van der Waals surface area contributed by atoms with Gasteiger partial charge in [-0.1, -0.05) is 6.92 Å². The maximum Gasteiger partial charge on any atom is 0.226 e. The predicted octanol–water partition coefficient (Wildman–Crippen LogP) is 1.97. The SMILES string of the molecule is CCC(CCl)Nc1ccnc(N(C)C)n1. The molecule has 0 aliphatic heterocycles. The Labute approximate surface area is 95.7 Å². The van der Waals surface area contributed by atoms with Gasteiger partial charge in [0.15, 0.2) is 0 Å². The van der Waals surface area contributed by atoms with Crippen LogP contribution in [0.15, 0.2) is 12.3 Å². The Morgan fingerprint density at radius 3 is 2.80 bits per heavy atom. The van der Waals surface area contributed by atoms with Crippen molar-refractivity contribution in [3.8, 4) is 0 Å². The summed E-state index contributed by atoms with van der Waals surface area (Å²) in [7, 11) is 3.83. The molecule has 0 bridgehead atoms. The fourth-order valence-electron chi connectivity index (χ4n) is 1.10. The van der Waals surface area contributed by atoms with Gasteiger partial charge < -0.3 is 10.2 Å². The number of hydrogen-bond donors (Lipinski definition) is 1. The zero-order chi connectivity index (χ0) is 11.3. The molecule has 0 aliphatic rings. The van der Waals surface area contributed by atoms with Crippen molar-refractivity contribution in [1.82, 2.24) is 9.97 Å². The topological polar surface area (TPSA) is 41.1 Å². The third kappa shape index (κ3) is 3.55. The molecule has 0 saturated carbocycles. The number of nitrogens with one attached hydrogen (secondary N) is 1. The van der Waals surface area contributed by atoms with Crippen molar-refractivity contribution >= 4 is 23.4 Å². The van der Waals surface area contributed by atoms with E-state index in [2.05, 4.69) is 22.2 Å². The third-order valence-corrected chi connectivity index (χ3v) is 2.45. The fourth-order valence-corrected chi connectivity index (χ4v) is 1.40. The lowest BCUT2D eigenvalue weighted by molar-refractivity contribution is 0.764. The molecule has 84 valence electrons. The normalized spacial score (nSPS) is 12.3. The molecular weight excluding hydrogens is 212 g/mol. The standard InChI is InChI=1S/C10H17ClN4/c1-4-8(7-11)13-9-5-6-12-10(14-9)15(2)3/h5-6,8H,4,7H2,1-3H3,(H,12,13,14). The number of rotatable bonds is 5. The highest BCUT2D eigenvalue weighted by Gasteiger charge is 2.06. The molecule has 5 heteroatoms. The van der Waals surface area contributed by atoms with Crippen LogP contribution in [0.2, 0.25) is 0 Å². The monoisotopic (exact) mass is 228 g/mol. The first-order valence-corrected chi connectivity index (χ1v) is 5.53. The van der Waals surface area contributed by atoms with Crippen LogP contribution in [-0.4, -0.2) is 36.0 Å². The van der Waals surface area contributed by atoms with E-state index in [4.69, 9.17) is 11.6 Å². The van der Waals surface area contributed by atoms with E-state index in [0.29, 0.717) is 11.8 Å². The van der Waals surface area contributed by atoms with Crippen LogP contribution in [0, 0.1) is 0 Å². The summed E-state index contributed by atoms with van der Waals surface area (Å²) in [4.78, 5) is 10.4. The van der Waals surface area contributed by atoms with Gasteiger partial charge in [0.1, 0.15) is 5.82 Å². The predicted molar refractivity (Wildman–Crippen MR) is 64.8 cm³/mol. The van der Waals surface area contributed by atoms with E-state index in [1.54, 1.807) is 6.20 Å². The van der Waals surface area contributed by atoms with Crippen LogP contribution in [0.5, 0.6) is 0 Å². The van der Waals surface area contributed by atoms with Crippen molar-refractivity contribution in [2.45, 2.75) is 19.4 Å². The smallest absolute Gasteiger partial charge is 0.226 e. The maximum atomic E-state index is 5.80. The van der Waals surface area contributed by atoms with Gasteiger partial charge in [0.2, 0.25) is 5.95 Å². The van der Waals surface area contributed by atoms with Gasteiger partial charge in [-0.05, 0) is 12.5 Å². The number of anilines is 2. The Kier molecular flexibility index (Phi) is 4.62. The average Bonchev–Trinajstić information content (AvgIpc) is 2.26. The highest BCUT2D eigenvalue weighted by atomic mass is 35.5. The summed E-state index contributed by atoms with van der Waals surface area (Å²) in [6.45, 7) is 2.09. The van der Waals surface area contributed by atoms with Crippen molar-refractivity contribution in [2.24, 2.45) is 0 Å². The molecule has 0 aromatic carbocycles. The Morgan fingerprint density at radius 1 is 1.53 bits per heavy atom. The van der Waals surface area contributed by atoms with Gasteiger partial charge in [-0.2, -0.15) is 4.98 Å². The molecular formula is C10H17ClN4. The molecule has 1 atom stereocenters. The highest BCUT2D eigenvalue weighted by Crippen LogP contribution is 2.10. The van der Waals surface area contributed by atoms with E-state index in [-0.39, 0.29) is 6.04 Å². The second kappa shape index (κ2) is 5.75. The van der Waals surface area contributed by atoms with Crippen LogP contribution in [0.25, 0.3) is 0 Å². The molecule has 0 spiro atoms. The van der Waals surface area contributed by atoms with Crippen LogP contribution in [0.1, 0.15) is 13.3 Å². The molecule has 4 nitrogen and oxygen atoms in total. The van der Waals surface area contributed by atoms with Crippen LogP contribution < -0.4 is 10.2 Å². The molecule has 1 aromatic heterocycles. The first-order valence-electron chi connectivity index (χ1n) is 5.00. The molecule has 0 amide bonds. The third-order valence-electron chi connectivity index (χ3n) is 2.07. The van der Waals surface area contributed by atoms with Crippen molar-refractivity contribution in [2.75, 3.05) is 30.2 Å². The molecule has 1 unspecified atom stereocenters. The van der Waals surface area contributed by atoms with Crippen molar-refractivity contribution in [3.63, 3.8) is 0 Å². The molecule has 1 aromatic rings. The van der Waals surface area contributed by atoms with Gasteiger partial charge in [-0.3, -0.25) is 0 Å². The molecule has 15 heavy (non-hydrogen) atoms. The minimum Gasteiger partial charge on any atom is -0.366 e. The quantitative estimate of drug-likeness (QED) is 0.783. The minimum atomic E-state index is 0.261. The zero-order valence-corrected chi connectivity index (χ0v) is 10.1. The van der Waals surface area contributed by atoms with Crippen molar-refractivity contribution in [3.05, 3.63) is 12.3 Å². The average molecular weight is 229 g/mol. The molecule has 1 N–H and O–H groups in total. The van der Waals surface area contributed by atoms with E-state index in [9.17, 15) is 0 Å². The number of hydrogen-bond acceptors (Lipinski definition) is 4. The van der Waals surface area contributed by atoms with Gasteiger partial charge in [0, 0.05) is 32.2 Å². The summed E-state index contributed by atoms with van der Waals surface area (Å²) < 4.78 is 0. The number of nitrogens with zero attached hydrogens (tertiary/aromatic N) is 3. The van der Waals surface area contributed by atoms with Gasteiger partial charge in [-0.25, -0.2) is 4.98 Å². The molecule has 1 rings (SSSR count). The zero-order valence-electron chi connectivity index (χ0n) is 9.37. The Balaban J connectivity index is 2.72. The first kappa shape index (κ1) is 12.0. The Hall–Kier alpha value is -1.03. The summed E-state index contributed by atoms with van der Waals surface area (Å²) in [5.74, 6) is 2.10. The second-order valence-electron chi connectivity index (χ2n) is 3.54. The highest BCUT2D eigenvalue weighted by molar-refractivity contribution is 6.18. The molecule has 0 fully saturated rings. The van der Waals surface area contributed by atoms with Crippen molar-refractivity contribution < 1.29 is 0 Å². The van der Waals surface area contributed by atoms with E-state index in [1.807, 2.05) is 25.1 Å². The number of aromatic nitrogens is 2. The molecule has 0 radical (unpaired) electrons. The van der Waals surface area contributed by atoms with E-state index >= 15 is 0 Å². The van der Waals surface area contributed by atoms with Crippen LogP contribution in [0.3, 0.4) is 0 Å². The second-order valence-corrected chi connectivity index (χ2v) is 3.85. The Morgan fingerprint density at radius 2 is 2.27 bits per heavy atom. The maximum absolute atomic E-state index is 5.80. The summed E-state index contributed by atoms with van der Waals surface area (Å²) >= 11 is 5.80. The summed E-state index contributed by atoms with van der Waals surface area (Å²) in [6, 6.07) is 2.11. The van der Waals surface area contributed by atoms with Crippen LogP contribution in [0.4, 0.5) is 11.8 Å². The fraction of sp³-hybridized carbons (Fsp3) is 0.600. The lowest BCUT2D eigenvalue weighted by Gasteiger charge is -2.16. The van der Waals surface area contributed by atoms with E-state index in [0.717, 1.165) is 12.2 Å². The van der Waals surface area contributed by atoms with Crippen LogP contribution >= 0.6 is 11.6 Å². The van der Waals surface area contributed by atoms with E-state index < -0.39 is 0 Å². The van der Waals surface area contributed by atoms with Gasteiger partial charge >= 0.3 is 0 Å². The first-order chi connectivity index (χ1) is 7.17. The van der Waals surface area contributed by atoms with Gasteiger partial charge in [0.05, 0.1) is 0 Å². The number of alkyl halides is 1. The summed E-state index contributed by atoms with van der Waals surface area (Å²) in [6.07, 6.45) is 2.72. The molecule has 0 saturated heterocycles. The number of halogens is 1. The molecule has 0 aliphatic carbocycles. The van der Waals surface area contributed by atoms with Gasteiger partial charge in [-0.15, -0.1) is 11.6 Å². The lowest BCUT2D eigenvalue weighted by atomic mass is 10.2. The van der Waals surface area contributed by atoms with E-state index in [1.165, 1.54) is 0 Å². The summed E-state index contributed by atoms with van der Waals surface area (Å²) in [5.41, 5.74) is 0. The minimum absolute atomic E-state index is 0.261. The lowest BCUT2D eigenvalue weighted by Crippen LogP contribution is -2.21. The van der Waals surface area contributed by atoms with Crippen molar-refractivity contribution in [1.29, 1.82) is 0 Å². The van der Waals surface area contributed by atoms with Crippen LogP contribution in [-0.2, 0) is 0 Å². The summed E-state index contributed by atoms with van der Waals surface area (Å²) in [5, 5.41) is 3.26. The van der Waals surface area contributed by atoms with Gasteiger partial charge in [0.25, 0.3) is 0 Å². The largest absolute Gasteiger partial charge is 0.366 e. The Bertz CT molecular complexity index is 299. The molecule has 1 heterocycles.